The highest BCUT2D eigenvalue weighted by Gasteiger charge is 2.31. The van der Waals surface area contributed by atoms with Crippen molar-refractivity contribution in [2.24, 2.45) is 0 Å². The summed E-state index contributed by atoms with van der Waals surface area (Å²) < 4.78 is 0. The van der Waals surface area contributed by atoms with Crippen LogP contribution in [0, 0.1) is 20.8 Å². The average Bonchev–Trinajstić information content (AvgIpc) is 2.49. The van der Waals surface area contributed by atoms with Crippen LogP contribution < -0.4 is 0 Å². The van der Waals surface area contributed by atoms with Gasteiger partial charge in [0.2, 0.25) is 0 Å². The monoisotopic (exact) mass is 320 g/mol. The van der Waals surface area contributed by atoms with Crippen LogP contribution in [0.25, 0.3) is 0 Å². The summed E-state index contributed by atoms with van der Waals surface area (Å²) in [4.78, 5) is 0. The molecular formula is C19H22Cl2. The summed E-state index contributed by atoms with van der Waals surface area (Å²) in [6.07, 6.45) is 0.872. The van der Waals surface area contributed by atoms with Gasteiger partial charge in [-0.05, 0) is 43.9 Å². The standard InChI is InChI=1S/C19H22Cl2/c1-14-5-8-18(9-6-14)19(12-20,13-21)11-17-10-15(2)4-7-16(17)3/h4-10H,11-13H2,1-3H3. The van der Waals surface area contributed by atoms with Crippen molar-refractivity contribution in [2.75, 3.05) is 11.8 Å². The molecule has 0 bridgehead atoms. The highest BCUT2D eigenvalue weighted by molar-refractivity contribution is 6.22. The third-order valence-corrected chi connectivity index (χ3v) is 5.23. The Morgan fingerprint density at radius 3 is 1.95 bits per heavy atom. The van der Waals surface area contributed by atoms with Crippen molar-refractivity contribution in [1.29, 1.82) is 0 Å². The Hall–Kier alpha value is -0.980. The molecule has 0 amide bonds. The Morgan fingerprint density at radius 2 is 1.38 bits per heavy atom. The molecule has 21 heavy (non-hydrogen) atoms. The fourth-order valence-electron chi connectivity index (χ4n) is 2.65. The molecule has 2 aromatic rings. The van der Waals surface area contributed by atoms with Gasteiger partial charge in [-0.1, -0.05) is 53.6 Å². The van der Waals surface area contributed by atoms with Crippen LogP contribution in [0.2, 0.25) is 0 Å². The van der Waals surface area contributed by atoms with E-state index in [-0.39, 0.29) is 5.41 Å². The van der Waals surface area contributed by atoms with Gasteiger partial charge < -0.3 is 0 Å². The maximum atomic E-state index is 6.36. The van der Waals surface area contributed by atoms with Crippen molar-refractivity contribution in [3.05, 3.63) is 70.3 Å². The summed E-state index contributed by atoms with van der Waals surface area (Å²) in [5.41, 5.74) is 6.17. The second-order valence-corrected chi connectivity index (χ2v) is 6.55. The molecule has 0 fully saturated rings. The quantitative estimate of drug-likeness (QED) is 0.632. The fraction of sp³-hybridized carbons (Fsp3) is 0.368. The van der Waals surface area contributed by atoms with Crippen LogP contribution in [-0.2, 0) is 11.8 Å². The number of rotatable bonds is 5. The molecule has 0 saturated carbocycles. The van der Waals surface area contributed by atoms with Gasteiger partial charge in [0, 0.05) is 17.2 Å². The van der Waals surface area contributed by atoms with E-state index in [1.165, 1.54) is 27.8 Å². The van der Waals surface area contributed by atoms with Gasteiger partial charge >= 0.3 is 0 Å². The van der Waals surface area contributed by atoms with Crippen LogP contribution >= 0.6 is 23.2 Å². The van der Waals surface area contributed by atoms with E-state index >= 15 is 0 Å². The van der Waals surface area contributed by atoms with E-state index in [1.54, 1.807) is 0 Å². The van der Waals surface area contributed by atoms with E-state index in [0.29, 0.717) is 11.8 Å². The summed E-state index contributed by atoms with van der Waals surface area (Å²) in [5.74, 6) is 1.04. The molecule has 0 heterocycles. The Kier molecular flexibility index (Phi) is 5.35. The van der Waals surface area contributed by atoms with Crippen LogP contribution in [0.15, 0.2) is 42.5 Å². The molecule has 0 unspecified atom stereocenters. The summed E-state index contributed by atoms with van der Waals surface area (Å²) in [5, 5.41) is 0. The molecule has 2 rings (SSSR count). The van der Waals surface area contributed by atoms with E-state index in [0.717, 1.165) is 6.42 Å². The minimum atomic E-state index is -0.213. The van der Waals surface area contributed by atoms with Gasteiger partial charge in [0.05, 0.1) is 0 Å². The molecule has 0 N–H and O–H groups in total. The molecule has 0 aromatic heterocycles. The van der Waals surface area contributed by atoms with E-state index < -0.39 is 0 Å². The Bertz CT molecular complexity index is 595. The van der Waals surface area contributed by atoms with Crippen LogP contribution in [0.3, 0.4) is 0 Å². The van der Waals surface area contributed by atoms with Crippen molar-refractivity contribution >= 4 is 23.2 Å². The predicted octanol–water partition coefficient (Wildman–Crippen LogP) is 5.57. The third kappa shape index (κ3) is 3.62. The largest absolute Gasteiger partial charge is 0.126 e. The number of hydrogen-bond acceptors (Lipinski definition) is 0. The molecule has 0 aliphatic rings. The molecule has 2 aromatic carbocycles. The van der Waals surface area contributed by atoms with Crippen LogP contribution in [0.1, 0.15) is 27.8 Å². The maximum absolute atomic E-state index is 6.36. The van der Waals surface area contributed by atoms with E-state index in [2.05, 4.69) is 63.2 Å². The molecular weight excluding hydrogens is 299 g/mol. The van der Waals surface area contributed by atoms with Crippen molar-refractivity contribution in [3.8, 4) is 0 Å². The summed E-state index contributed by atoms with van der Waals surface area (Å²) >= 11 is 12.7. The summed E-state index contributed by atoms with van der Waals surface area (Å²) in [6, 6.07) is 15.1. The van der Waals surface area contributed by atoms with E-state index in [1.807, 2.05) is 0 Å². The summed E-state index contributed by atoms with van der Waals surface area (Å²) in [7, 11) is 0. The average molecular weight is 321 g/mol. The van der Waals surface area contributed by atoms with Gasteiger partial charge in [-0.15, -0.1) is 23.2 Å². The van der Waals surface area contributed by atoms with Crippen molar-refractivity contribution < 1.29 is 0 Å². The number of halogens is 2. The second-order valence-electron chi connectivity index (χ2n) is 6.02. The minimum absolute atomic E-state index is 0.213. The zero-order valence-corrected chi connectivity index (χ0v) is 14.4. The Morgan fingerprint density at radius 1 is 0.810 bits per heavy atom. The molecule has 0 aliphatic carbocycles. The molecule has 0 radical (unpaired) electrons. The lowest BCUT2D eigenvalue weighted by atomic mass is 9.77. The van der Waals surface area contributed by atoms with Gasteiger partial charge in [0.15, 0.2) is 0 Å². The topological polar surface area (TPSA) is 0 Å². The maximum Gasteiger partial charge on any atom is 0.0335 e. The number of aryl methyl sites for hydroxylation is 3. The molecule has 0 saturated heterocycles. The van der Waals surface area contributed by atoms with Crippen molar-refractivity contribution in [1.82, 2.24) is 0 Å². The van der Waals surface area contributed by atoms with Gasteiger partial charge in [0.25, 0.3) is 0 Å². The zero-order valence-electron chi connectivity index (χ0n) is 12.9. The first-order valence-electron chi connectivity index (χ1n) is 7.26. The zero-order chi connectivity index (χ0) is 15.5. The molecule has 0 atom stereocenters. The molecule has 0 spiro atoms. The third-order valence-electron chi connectivity index (χ3n) is 4.21. The molecule has 2 heteroatoms. The molecule has 0 nitrogen and oxygen atoms in total. The molecule has 0 aliphatic heterocycles. The fourth-order valence-corrected chi connectivity index (χ4v) is 3.43. The lowest BCUT2D eigenvalue weighted by Crippen LogP contribution is -2.33. The van der Waals surface area contributed by atoms with Gasteiger partial charge in [-0.25, -0.2) is 0 Å². The highest BCUT2D eigenvalue weighted by Crippen LogP contribution is 2.33. The summed E-state index contributed by atoms with van der Waals surface area (Å²) in [6.45, 7) is 6.37. The second kappa shape index (κ2) is 6.85. The highest BCUT2D eigenvalue weighted by atomic mass is 35.5. The Balaban J connectivity index is 2.42. The number of benzene rings is 2. The number of hydrogen-bond donors (Lipinski definition) is 0. The van der Waals surface area contributed by atoms with Crippen LogP contribution in [0.5, 0.6) is 0 Å². The van der Waals surface area contributed by atoms with E-state index in [4.69, 9.17) is 23.2 Å². The van der Waals surface area contributed by atoms with Gasteiger partial charge in [-0.3, -0.25) is 0 Å². The van der Waals surface area contributed by atoms with Gasteiger partial charge in [0.1, 0.15) is 0 Å². The number of alkyl halides is 2. The van der Waals surface area contributed by atoms with Crippen molar-refractivity contribution in [3.63, 3.8) is 0 Å². The first kappa shape index (κ1) is 16.4. The minimum Gasteiger partial charge on any atom is -0.126 e. The van der Waals surface area contributed by atoms with Crippen LogP contribution in [0.4, 0.5) is 0 Å². The SMILES string of the molecule is Cc1ccc(C(CCl)(CCl)Cc2cc(C)ccc2C)cc1. The lowest BCUT2D eigenvalue weighted by molar-refractivity contribution is 0.534. The lowest BCUT2D eigenvalue weighted by Gasteiger charge is -2.31. The smallest absolute Gasteiger partial charge is 0.0335 e. The van der Waals surface area contributed by atoms with Crippen LogP contribution in [-0.4, -0.2) is 11.8 Å². The first-order chi connectivity index (χ1) is 10.0. The van der Waals surface area contributed by atoms with Gasteiger partial charge in [-0.2, -0.15) is 0 Å². The Labute approximate surface area is 138 Å². The van der Waals surface area contributed by atoms with E-state index in [9.17, 15) is 0 Å². The first-order valence-corrected chi connectivity index (χ1v) is 8.33. The molecule has 112 valence electrons. The van der Waals surface area contributed by atoms with Crippen molar-refractivity contribution in [2.45, 2.75) is 32.6 Å². The normalized spacial score (nSPS) is 11.7. The predicted molar refractivity (Wildman–Crippen MR) is 93.9 cm³/mol.